The number of hydrogen-bond acceptors (Lipinski definition) is 2. The van der Waals surface area contributed by atoms with Crippen molar-refractivity contribution in [1.29, 1.82) is 0 Å². The van der Waals surface area contributed by atoms with Gasteiger partial charge in [0.15, 0.2) is 0 Å². The number of aryl methyl sites for hydroxylation is 1. The number of nitrogens with one attached hydrogen (secondary N) is 1. The summed E-state index contributed by atoms with van der Waals surface area (Å²) in [7, 11) is 0. The predicted octanol–water partition coefficient (Wildman–Crippen LogP) is 4.53. The summed E-state index contributed by atoms with van der Waals surface area (Å²) in [6.45, 7) is 2.13. The molecule has 0 spiro atoms. The van der Waals surface area contributed by atoms with Crippen LogP contribution in [-0.2, 0) is 6.54 Å². The summed E-state index contributed by atoms with van der Waals surface area (Å²) in [5.74, 6) is -0.219. The third-order valence-electron chi connectivity index (χ3n) is 3.41. The van der Waals surface area contributed by atoms with Crippen molar-refractivity contribution in [3.8, 4) is 0 Å². The number of fused-ring (bicyclic) bond motifs is 1. The number of halogens is 3. The van der Waals surface area contributed by atoms with Crippen molar-refractivity contribution in [2.45, 2.75) is 13.5 Å². The Morgan fingerprint density at radius 2 is 1.96 bits per heavy atom. The van der Waals surface area contributed by atoms with Crippen LogP contribution in [0.2, 0.25) is 15.1 Å². The molecule has 3 rings (SSSR count). The Morgan fingerprint density at radius 1 is 1.17 bits per heavy atom. The van der Waals surface area contributed by atoms with Gasteiger partial charge in [-0.1, -0.05) is 40.9 Å². The van der Waals surface area contributed by atoms with Crippen LogP contribution in [0.4, 0.5) is 0 Å². The lowest BCUT2D eigenvalue weighted by Crippen LogP contribution is -2.25. The fraction of sp³-hybridized carbons (Fsp3) is 0.125. The highest BCUT2D eigenvalue weighted by Gasteiger charge is 2.16. The molecular weight excluding hydrogens is 357 g/mol. The van der Waals surface area contributed by atoms with Crippen molar-refractivity contribution in [3.63, 3.8) is 0 Å². The molecule has 118 valence electrons. The number of nitrogens with zero attached hydrogens (tertiary/aromatic N) is 2. The molecule has 0 fully saturated rings. The van der Waals surface area contributed by atoms with Gasteiger partial charge in [0.25, 0.3) is 5.91 Å². The van der Waals surface area contributed by atoms with Gasteiger partial charge in [0.1, 0.15) is 11.3 Å². The number of rotatable bonds is 3. The molecule has 0 radical (unpaired) electrons. The van der Waals surface area contributed by atoms with E-state index < -0.39 is 0 Å². The molecule has 23 heavy (non-hydrogen) atoms. The van der Waals surface area contributed by atoms with Gasteiger partial charge < -0.3 is 5.32 Å². The highest BCUT2D eigenvalue weighted by atomic mass is 35.5. The maximum absolute atomic E-state index is 12.5. The molecule has 1 aromatic carbocycles. The SMILES string of the molecule is Cc1nc2cc(Cl)ccn2c1C(=O)NCc1ccc(Cl)c(Cl)c1. The molecule has 2 heterocycles. The Bertz CT molecular complexity index is 905. The number of carbonyl (C=O) groups excluding carboxylic acids is 1. The van der Waals surface area contributed by atoms with Crippen LogP contribution in [0.3, 0.4) is 0 Å². The van der Waals surface area contributed by atoms with E-state index in [1.165, 1.54) is 0 Å². The van der Waals surface area contributed by atoms with E-state index in [9.17, 15) is 4.79 Å². The van der Waals surface area contributed by atoms with Crippen LogP contribution in [0.25, 0.3) is 5.65 Å². The molecule has 0 atom stereocenters. The van der Waals surface area contributed by atoms with Gasteiger partial charge in [0.2, 0.25) is 0 Å². The van der Waals surface area contributed by atoms with Gasteiger partial charge in [-0.2, -0.15) is 0 Å². The van der Waals surface area contributed by atoms with Crippen LogP contribution in [0.5, 0.6) is 0 Å². The van der Waals surface area contributed by atoms with Gasteiger partial charge >= 0.3 is 0 Å². The average Bonchev–Trinajstić information content (AvgIpc) is 2.83. The number of pyridine rings is 1. The van der Waals surface area contributed by atoms with E-state index in [-0.39, 0.29) is 5.91 Å². The van der Waals surface area contributed by atoms with E-state index in [4.69, 9.17) is 34.8 Å². The fourth-order valence-electron chi connectivity index (χ4n) is 2.33. The second-order valence-electron chi connectivity index (χ2n) is 5.05. The maximum atomic E-state index is 12.5. The minimum Gasteiger partial charge on any atom is -0.347 e. The van der Waals surface area contributed by atoms with Gasteiger partial charge in [-0.3, -0.25) is 9.20 Å². The molecule has 0 aliphatic rings. The van der Waals surface area contributed by atoms with Crippen LogP contribution < -0.4 is 5.32 Å². The van der Waals surface area contributed by atoms with Gasteiger partial charge in [0, 0.05) is 23.8 Å². The van der Waals surface area contributed by atoms with Crippen molar-refractivity contribution in [3.05, 3.63) is 68.5 Å². The first-order valence-corrected chi connectivity index (χ1v) is 7.95. The Morgan fingerprint density at radius 3 is 2.70 bits per heavy atom. The first kappa shape index (κ1) is 16.1. The van der Waals surface area contributed by atoms with Gasteiger partial charge in [0.05, 0.1) is 15.7 Å². The summed E-state index contributed by atoms with van der Waals surface area (Å²) in [6.07, 6.45) is 1.73. The monoisotopic (exact) mass is 367 g/mol. The zero-order valence-electron chi connectivity index (χ0n) is 12.1. The summed E-state index contributed by atoms with van der Waals surface area (Å²) in [5.41, 5.74) is 2.62. The van der Waals surface area contributed by atoms with Crippen LogP contribution in [0, 0.1) is 6.92 Å². The van der Waals surface area contributed by atoms with Crippen molar-refractivity contribution in [2.75, 3.05) is 0 Å². The zero-order valence-corrected chi connectivity index (χ0v) is 14.4. The molecule has 0 aliphatic carbocycles. The Labute approximate surface area is 148 Å². The van der Waals surface area contributed by atoms with E-state index in [0.29, 0.717) is 38.6 Å². The van der Waals surface area contributed by atoms with Crippen molar-refractivity contribution in [2.24, 2.45) is 0 Å². The summed E-state index contributed by atoms with van der Waals surface area (Å²) < 4.78 is 1.71. The second-order valence-corrected chi connectivity index (χ2v) is 6.30. The van der Waals surface area contributed by atoms with Gasteiger partial charge in [-0.25, -0.2) is 4.98 Å². The molecule has 2 aromatic heterocycles. The van der Waals surface area contributed by atoms with E-state index in [0.717, 1.165) is 5.56 Å². The fourth-order valence-corrected chi connectivity index (χ4v) is 2.80. The highest BCUT2D eigenvalue weighted by Crippen LogP contribution is 2.22. The molecule has 0 aliphatic heterocycles. The number of carbonyl (C=O) groups is 1. The van der Waals surface area contributed by atoms with E-state index >= 15 is 0 Å². The van der Waals surface area contributed by atoms with Crippen LogP contribution in [0.1, 0.15) is 21.7 Å². The van der Waals surface area contributed by atoms with E-state index in [1.54, 1.807) is 41.8 Å². The lowest BCUT2D eigenvalue weighted by atomic mass is 10.2. The third kappa shape index (κ3) is 3.29. The summed E-state index contributed by atoms with van der Waals surface area (Å²) in [6, 6.07) is 8.67. The molecule has 0 unspecified atom stereocenters. The third-order valence-corrected chi connectivity index (χ3v) is 4.39. The lowest BCUT2D eigenvalue weighted by Gasteiger charge is -2.07. The molecule has 7 heteroatoms. The van der Waals surface area contributed by atoms with Crippen LogP contribution >= 0.6 is 34.8 Å². The zero-order chi connectivity index (χ0) is 16.6. The topological polar surface area (TPSA) is 46.4 Å². The molecule has 3 aromatic rings. The summed E-state index contributed by atoms with van der Waals surface area (Å²) >= 11 is 17.8. The van der Waals surface area contributed by atoms with Gasteiger partial charge in [-0.15, -0.1) is 0 Å². The summed E-state index contributed by atoms with van der Waals surface area (Å²) in [4.78, 5) is 16.8. The number of aromatic nitrogens is 2. The first-order chi connectivity index (χ1) is 11.0. The van der Waals surface area contributed by atoms with Crippen LogP contribution in [0.15, 0.2) is 36.5 Å². The molecule has 1 amide bonds. The van der Waals surface area contributed by atoms with Crippen molar-refractivity contribution in [1.82, 2.24) is 14.7 Å². The second kappa shape index (κ2) is 6.40. The molecule has 4 nitrogen and oxygen atoms in total. The average molecular weight is 369 g/mol. The quantitative estimate of drug-likeness (QED) is 0.738. The number of hydrogen-bond donors (Lipinski definition) is 1. The molecule has 0 bridgehead atoms. The Hall–Kier alpha value is -1.75. The van der Waals surface area contributed by atoms with Gasteiger partial charge in [-0.05, 0) is 30.7 Å². The minimum absolute atomic E-state index is 0.219. The van der Waals surface area contributed by atoms with Crippen LogP contribution in [-0.4, -0.2) is 15.3 Å². The molecular formula is C16H12Cl3N3O. The maximum Gasteiger partial charge on any atom is 0.270 e. The molecule has 0 saturated heterocycles. The predicted molar refractivity (Wildman–Crippen MR) is 92.6 cm³/mol. The Kier molecular flexibility index (Phi) is 4.48. The van der Waals surface area contributed by atoms with Crippen molar-refractivity contribution >= 4 is 46.4 Å². The smallest absolute Gasteiger partial charge is 0.270 e. The van der Waals surface area contributed by atoms with E-state index in [2.05, 4.69) is 10.3 Å². The largest absolute Gasteiger partial charge is 0.347 e. The summed E-state index contributed by atoms with van der Waals surface area (Å²) in [5, 5.41) is 4.38. The standard InChI is InChI=1S/C16H12Cl3N3O/c1-9-15(22-5-4-11(17)7-14(22)21-9)16(23)20-8-10-2-3-12(18)13(19)6-10/h2-7H,8H2,1H3,(H,20,23). The first-order valence-electron chi connectivity index (χ1n) is 6.82. The van der Waals surface area contributed by atoms with Crippen molar-refractivity contribution < 1.29 is 4.79 Å². The Balaban J connectivity index is 1.83. The highest BCUT2D eigenvalue weighted by molar-refractivity contribution is 6.42. The lowest BCUT2D eigenvalue weighted by molar-refractivity contribution is 0.0944. The number of imidazole rings is 1. The number of amides is 1. The molecule has 1 N–H and O–H groups in total. The molecule has 0 saturated carbocycles. The minimum atomic E-state index is -0.219. The number of benzene rings is 1. The normalized spacial score (nSPS) is 11.0. The van der Waals surface area contributed by atoms with E-state index in [1.807, 2.05) is 6.07 Å².